The molecule has 0 saturated carbocycles. The standard InChI is InChI=1S/C15H31/c1-4-6-8-9-10-11-12-14-15(3)13-7-5-2/h12,15H,4-11,13-14H2,1-3H3. The van der Waals surface area contributed by atoms with Gasteiger partial charge in [0.15, 0.2) is 0 Å². The largest absolute Gasteiger partial charge is 0.0654 e. The zero-order valence-electron chi connectivity index (χ0n) is 11.2. The molecule has 0 N–H and O–H groups in total. The first-order valence-electron chi connectivity index (χ1n) is 7.12. The highest BCUT2D eigenvalue weighted by Crippen LogP contribution is 2.16. The summed E-state index contributed by atoms with van der Waals surface area (Å²) < 4.78 is 0. The van der Waals surface area contributed by atoms with Gasteiger partial charge in [-0.15, -0.1) is 0 Å². The highest BCUT2D eigenvalue weighted by Gasteiger charge is 2.00. The van der Waals surface area contributed by atoms with E-state index in [0.717, 1.165) is 5.92 Å². The number of hydrogen-bond acceptors (Lipinski definition) is 0. The molecule has 0 heteroatoms. The van der Waals surface area contributed by atoms with Gasteiger partial charge in [0, 0.05) is 0 Å². The van der Waals surface area contributed by atoms with Gasteiger partial charge >= 0.3 is 0 Å². The van der Waals surface area contributed by atoms with Gasteiger partial charge in [0.1, 0.15) is 0 Å². The minimum Gasteiger partial charge on any atom is -0.0654 e. The normalized spacial score (nSPS) is 13.0. The lowest BCUT2D eigenvalue weighted by Gasteiger charge is -2.09. The van der Waals surface area contributed by atoms with Crippen molar-refractivity contribution >= 4 is 0 Å². The second-order valence-corrected chi connectivity index (χ2v) is 4.97. The Balaban J connectivity index is 3.02. The Morgan fingerprint density at radius 1 is 0.867 bits per heavy atom. The van der Waals surface area contributed by atoms with Crippen molar-refractivity contribution in [3.8, 4) is 0 Å². The molecule has 0 aliphatic rings. The molecule has 0 aromatic rings. The molecule has 0 aromatic heterocycles. The molecule has 0 aliphatic heterocycles. The van der Waals surface area contributed by atoms with E-state index in [0.29, 0.717) is 0 Å². The zero-order chi connectivity index (χ0) is 11.4. The van der Waals surface area contributed by atoms with Gasteiger partial charge in [0.05, 0.1) is 0 Å². The second kappa shape index (κ2) is 12.1. The van der Waals surface area contributed by atoms with Crippen LogP contribution >= 0.6 is 0 Å². The molecule has 15 heavy (non-hydrogen) atoms. The third kappa shape index (κ3) is 11.9. The first kappa shape index (κ1) is 15.0. The maximum atomic E-state index is 2.52. The maximum absolute atomic E-state index is 2.52. The Morgan fingerprint density at radius 3 is 2.20 bits per heavy atom. The Morgan fingerprint density at radius 2 is 1.53 bits per heavy atom. The Labute approximate surface area is 97.8 Å². The predicted molar refractivity (Wildman–Crippen MR) is 71.0 cm³/mol. The molecule has 1 unspecified atom stereocenters. The molecule has 0 fully saturated rings. The number of hydrogen-bond donors (Lipinski definition) is 0. The van der Waals surface area contributed by atoms with E-state index in [4.69, 9.17) is 0 Å². The van der Waals surface area contributed by atoms with Crippen molar-refractivity contribution in [2.75, 3.05) is 0 Å². The summed E-state index contributed by atoms with van der Waals surface area (Å²) in [7, 11) is 0. The first-order chi connectivity index (χ1) is 7.31. The van der Waals surface area contributed by atoms with E-state index in [1.54, 1.807) is 0 Å². The van der Waals surface area contributed by atoms with Gasteiger partial charge in [-0.2, -0.15) is 0 Å². The highest BCUT2D eigenvalue weighted by molar-refractivity contribution is 4.68. The molecule has 0 heterocycles. The van der Waals surface area contributed by atoms with Gasteiger partial charge in [-0.05, 0) is 18.8 Å². The Hall–Kier alpha value is 0. The molecule has 91 valence electrons. The van der Waals surface area contributed by atoms with Crippen LogP contribution in [0.2, 0.25) is 0 Å². The molecule has 0 spiro atoms. The summed E-state index contributed by atoms with van der Waals surface area (Å²) in [5, 5.41) is 0. The van der Waals surface area contributed by atoms with E-state index in [2.05, 4.69) is 27.2 Å². The van der Waals surface area contributed by atoms with Gasteiger partial charge in [0.2, 0.25) is 0 Å². The van der Waals surface area contributed by atoms with Gasteiger partial charge in [-0.25, -0.2) is 0 Å². The lowest BCUT2D eigenvalue weighted by atomic mass is 9.97. The van der Waals surface area contributed by atoms with E-state index in [9.17, 15) is 0 Å². The summed E-state index contributed by atoms with van der Waals surface area (Å²) in [4.78, 5) is 0. The number of unbranched alkanes of at least 4 members (excludes halogenated alkanes) is 7. The van der Waals surface area contributed by atoms with Crippen molar-refractivity contribution in [3.63, 3.8) is 0 Å². The van der Waals surface area contributed by atoms with Crippen LogP contribution in [0.3, 0.4) is 0 Å². The molecule has 1 atom stereocenters. The van der Waals surface area contributed by atoms with Crippen LogP contribution in [-0.4, -0.2) is 0 Å². The minimum absolute atomic E-state index is 0.917. The molecule has 0 saturated heterocycles. The topological polar surface area (TPSA) is 0 Å². The van der Waals surface area contributed by atoms with Crippen molar-refractivity contribution in [2.24, 2.45) is 5.92 Å². The van der Waals surface area contributed by atoms with Crippen molar-refractivity contribution in [1.82, 2.24) is 0 Å². The molecule has 0 rings (SSSR count). The molecular formula is C15H31. The monoisotopic (exact) mass is 211 g/mol. The van der Waals surface area contributed by atoms with E-state index in [-0.39, 0.29) is 0 Å². The van der Waals surface area contributed by atoms with Gasteiger partial charge in [0.25, 0.3) is 0 Å². The average molecular weight is 211 g/mol. The van der Waals surface area contributed by atoms with Crippen LogP contribution in [0, 0.1) is 12.3 Å². The quantitative estimate of drug-likeness (QED) is 0.381. The van der Waals surface area contributed by atoms with E-state index < -0.39 is 0 Å². The summed E-state index contributed by atoms with van der Waals surface area (Å²) in [6, 6.07) is 0. The van der Waals surface area contributed by atoms with Crippen LogP contribution in [0.15, 0.2) is 0 Å². The zero-order valence-corrected chi connectivity index (χ0v) is 11.2. The average Bonchev–Trinajstić information content (AvgIpc) is 2.25. The van der Waals surface area contributed by atoms with Crippen molar-refractivity contribution in [1.29, 1.82) is 0 Å². The fraction of sp³-hybridized carbons (Fsp3) is 0.933. The van der Waals surface area contributed by atoms with Crippen molar-refractivity contribution in [2.45, 2.75) is 85.0 Å². The summed E-state index contributed by atoms with van der Waals surface area (Å²) in [6.07, 6.45) is 16.5. The molecule has 0 aliphatic carbocycles. The lowest BCUT2D eigenvalue weighted by molar-refractivity contribution is 0.488. The Kier molecular flexibility index (Phi) is 12.1. The third-order valence-corrected chi connectivity index (χ3v) is 3.13. The van der Waals surface area contributed by atoms with E-state index in [1.807, 2.05) is 0 Å². The van der Waals surface area contributed by atoms with Crippen LogP contribution < -0.4 is 0 Å². The van der Waals surface area contributed by atoms with Crippen LogP contribution in [0.5, 0.6) is 0 Å². The van der Waals surface area contributed by atoms with E-state index in [1.165, 1.54) is 64.2 Å². The summed E-state index contributed by atoms with van der Waals surface area (Å²) in [6.45, 7) is 6.95. The van der Waals surface area contributed by atoms with Crippen LogP contribution in [0.1, 0.15) is 85.0 Å². The smallest absolute Gasteiger partial charge is 0.0383 e. The molecule has 1 radical (unpaired) electrons. The van der Waals surface area contributed by atoms with Crippen LogP contribution in [0.4, 0.5) is 0 Å². The molecule has 0 bridgehead atoms. The summed E-state index contributed by atoms with van der Waals surface area (Å²) in [5.41, 5.74) is 0. The van der Waals surface area contributed by atoms with Gasteiger partial charge in [-0.3, -0.25) is 0 Å². The van der Waals surface area contributed by atoms with Crippen LogP contribution in [-0.2, 0) is 0 Å². The molecule has 0 nitrogen and oxygen atoms in total. The maximum Gasteiger partial charge on any atom is -0.0383 e. The molecular weight excluding hydrogens is 180 g/mol. The van der Waals surface area contributed by atoms with Gasteiger partial charge in [-0.1, -0.05) is 78.6 Å². The fourth-order valence-corrected chi connectivity index (χ4v) is 1.97. The molecule has 0 aromatic carbocycles. The summed E-state index contributed by atoms with van der Waals surface area (Å²) >= 11 is 0. The third-order valence-electron chi connectivity index (χ3n) is 3.13. The second-order valence-electron chi connectivity index (χ2n) is 4.97. The van der Waals surface area contributed by atoms with Crippen molar-refractivity contribution < 1.29 is 0 Å². The first-order valence-corrected chi connectivity index (χ1v) is 7.12. The lowest BCUT2D eigenvalue weighted by Crippen LogP contribution is -1.95. The van der Waals surface area contributed by atoms with E-state index >= 15 is 0 Å². The minimum atomic E-state index is 0.917. The van der Waals surface area contributed by atoms with Crippen molar-refractivity contribution in [3.05, 3.63) is 6.42 Å². The van der Waals surface area contributed by atoms with Gasteiger partial charge < -0.3 is 0 Å². The fourth-order valence-electron chi connectivity index (χ4n) is 1.97. The molecule has 0 amide bonds. The summed E-state index contributed by atoms with van der Waals surface area (Å²) in [5.74, 6) is 0.917. The Bertz CT molecular complexity index is 107. The number of rotatable bonds is 11. The highest BCUT2D eigenvalue weighted by atomic mass is 14.1. The van der Waals surface area contributed by atoms with Crippen LogP contribution in [0.25, 0.3) is 0 Å². The predicted octanol–water partition coefficient (Wildman–Crippen LogP) is 5.77. The SMILES string of the molecule is CCCCCCC[CH]CC(C)CCCC.